The van der Waals surface area contributed by atoms with Crippen LogP contribution in [0, 0.1) is 5.82 Å². The van der Waals surface area contributed by atoms with E-state index in [9.17, 15) is 22.0 Å². The summed E-state index contributed by atoms with van der Waals surface area (Å²) in [6.07, 6.45) is 0. The van der Waals surface area contributed by atoms with Gasteiger partial charge in [0.25, 0.3) is 0 Å². The normalized spacial score (nSPS) is 21.2. The summed E-state index contributed by atoms with van der Waals surface area (Å²) in [5.41, 5.74) is 0.272. The van der Waals surface area contributed by atoms with E-state index in [0.29, 0.717) is 4.90 Å². The molecular weight excluding hydrogens is 269 g/mol. The van der Waals surface area contributed by atoms with E-state index in [-0.39, 0.29) is 16.7 Å². The van der Waals surface area contributed by atoms with E-state index in [0.717, 1.165) is 6.07 Å². The number of alkyl halides is 4. The molecule has 0 unspecified atom stereocenters. The molecule has 102 valence electrons. The van der Waals surface area contributed by atoms with E-state index in [1.54, 1.807) is 0 Å². The van der Waals surface area contributed by atoms with Crippen LogP contribution in [0.4, 0.5) is 27.8 Å². The molecule has 0 atom stereocenters. The summed E-state index contributed by atoms with van der Waals surface area (Å²) in [6, 6.07) is 4.02. The minimum absolute atomic E-state index is 0.0593. The standard InChI is InChI=1S/C11H8F5N3/c12-6-2-1-3-7-8(6)9(18-17-7)19-4-10(13,14)11(15,16)5-19/h1-3H,4-5H2,(H,17,18). The maximum absolute atomic E-state index is 13.7. The average Bonchev–Trinajstić information content (AvgIpc) is 2.80. The molecule has 19 heavy (non-hydrogen) atoms. The molecule has 1 aliphatic rings. The third kappa shape index (κ3) is 1.66. The molecule has 0 bridgehead atoms. The van der Waals surface area contributed by atoms with Gasteiger partial charge in [-0.05, 0) is 12.1 Å². The first-order valence-corrected chi connectivity index (χ1v) is 5.45. The van der Waals surface area contributed by atoms with Crippen LogP contribution in [0.5, 0.6) is 0 Å². The number of H-pyrrole nitrogens is 1. The van der Waals surface area contributed by atoms with Crippen LogP contribution in [0.25, 0.3) is 10.9 Å². The Balaban J connectivity index is 2.08. The highest BCUT2D eigenvalue weighted by Crippen LogP contribution is 2.43. The van der Waals surface area contributed by atoms with Crippen molar-refractivity contribution in [3.63, 3.8) is 0 Å². The van der Waals surface area contributed by atoms with Gasteiger partial charge in [0, 0.05) is 0 Å². The maximum Gasteiger partial charge on any atom is 0.329 e. The Bertz CT molecular complexity index is 620. The highest BCUT2D eigenvalue weighted by Gasteiger charge is 2.63. The fourth-order valence-corrected chi connectivity index (χ4v) is 2.16. The van der Waals surface area contributed by atoms with E-state index in [4.69, 9.17) is 0 Å². The van der Waals surface area contributed by atoms with Gasteiger partial charge in [-0.1, -0.05) is 6.07 Å². The lowest BCUT2D eigenvalue weighted by Gasteiger charge is -2.14. The lowest BCUT2D eigenvalue weighted by Crippen LogP contribution is -2.38. The molecule has 0 aliphatic carbocycles. The van der Waals surface area contributed by atoms with Crippen molar-refractivity contribution in [3.8, 4) is 0 Å². The number of benzene rings is 1. The number of nitrogens with zero attached hydrogens (tertiary/aromatic N) is 2. The summed E-state index contributed by atoms with van der Waals surface area (Å²) >= 11 is 0. The third-order valence-corrected chi connectivity index (χ3v) is 3.13. The lowest BCUT2D eigenvalue weighted by atomic mass is 10.2. The first-order chi connectivity index (χ1) is 8.82. The number of aromatic amines is 1. The topological polar surface area (TPSA) is 31.9 Å². The van der Waals surface area contributed by atoms with Gasteiger partial charge in [-0.3, -0.25) is 5.10 Å². The molecular formula is C11H8F5N3. The smallest absolute Gasteiger partial charge is 0.329 e. The quantitative estimate of drug-likeness (QED) is 0.813. The van der Waals surface area contributed by atoms with Crippen LogP contribution >= 0.6 is 0 Å². The van der Waals surface area contributed by atoms with Gasteiger partial charge in [-0.25, -0.2) is 4.39 Å². The van der Waals surface area contributed by atoms with Crippen LogP contribution in [-0.2, 0) is 0 Å². The molecule has 1 fully saturated rings. The monoisotopic (exact) mass is 277 g/mol. The van der Waals surface area contributed by atoms with Crippen molar-refractivity contribution in [2.45, 2.75) is 11.8 Å². The molecule has 1 saturated heterocycles. The summed E-state index contributed by atoms with van der Waals surface area (Å²) in [5, 5.41) is 6.04. The van der Waals surface area contributed by atoms with Crippen molar-refractivity contribution in [1.82, 2.24) is 10.2 Å². The fourth-order valence-electron chi connectivity index (χ4n) is 2.16. The molecule has 0 spiro atoms. The molecule has 1 aliphatic heterocycles. The van der Waals surface area contributed by atoms with E-state index >= 15 is 0 Å². The molecule has 0 saturated carbocycles. The summed E-state index contributed by atoms with van der Waals surface area (Å²) in [5.74, 6) is -9.21. The highest BCUT2D eigenvalue weighted by molar-refractivity contribution is 5.90. The van der Waals surface area contributed by atoms with Crippen molar-refractivity contribution in [3.05, 3.63) is 24.0 Å². The van der Waals surface area contributed by atoms with E-state index < -0.39 is 30.8 Å². The van der Waals surface area contributed by atoms with Gasteiger partial charge in [0.2, 0.25) is 0 Å². The van der Waals surface area contributed by atoms with Crippen molar-refractivity contribution >= 4 is 16.7 Å². The van der Waals surface area contributed by atoms with Crippen LogP contribution in [0.1, 0.15) is 0 Å². The number of hydrogen-bond donors (Lipinski definition) is 1. The van der Waals surface area contributed by atoms with E-state index in [2.05, 4.69) is 10.2 Å². The number of aromatic nitrogens is 2. The molecule has 1 aromatic heterocycles. The molecule has 0 amide bonds. The molecule has 3 rings (SSSR count). The Morgan fingerprint density at radius 1 is 1.11 bits per heavy atom. The van der Waals surface area contributed by atoms with Crippen LogP contribution in [0.15, 0.2) is 18.2 Å². The Hall–Kier alpha value is -1.86. The van der Waals surface area contributed by atoms with Gasteiger partial charge in [0.1, 0.15) is 5.82 Å². The number of nitrogens with one attached hydrogen (secondary N) is 1. The zero-order chi connectivity index (χ0) is 13.8. The Kier molecular flexibility index (Phi) is 2.30. The van der Waals surface area contributed by atoms with Crippen molar-refractivity contribution < 1.29 is 22.0 Å². The van der Waals surface area contributed by atoms with E-state index in [1.807, 2.05) is 0 Å². The Morgan fingerprint density at radius 3 is 2.37 bits per heavy atom. The number of rotatable bonds is 1. The molecule has 1 N–H and O–H groups in total. The fraction of sp³-hybridized carbons (Fsp3) is 0.364. The zero-order valence-corrected chi connectivity index (χ0v) is 9.43. The predicted molar refractivity (Wildman–Crippen MR) is 58.2 cm³/mol. The second kappa shape index (κ2) is 3.58. The second-order valence-corrected chi connectivity index (χ2v) is 4.47. The lowest BCUT2D eigenvalue weighted by molar-refractivity contribution is -0.172. The average molecular weight is 277 g/mol. The maximum atomic E-state index is 13.7. The predicted octanol–water partition coefficient (Wildman–Crippen LogP) is 2.79. The number of halogens is 5. The van der Waals surface area contributed by atoms with Crippen molar-refractivity contribution in [2.75, 3.05) is 18.0 Å². The molecule has 2 aromatic rings. The van der Waals surface area contributed by atoms with E-state index in [1.165, 1.54) is 12.1 Å². The summed E-state index contributed by atoms with van der Waals surface area (Å²) in [7, 11) is 0. The van der Waals surface area contributed by atoms with Crippen molar-refractivity contribution in [2.24, 2.45) is 0 Å². The van der Waals surface area contributed by atoms with Crippen LogP contribution < -0.4 is 4.90 Å². The highest BCUT2D eigenvalue weighted by atomic mass is 19.3. The third-order valence-electron chi connectivity index (χ3n) is 3.13. The molecule has 8 heteroatoms. The summed E-state index contributed by atoms with van der Waals surface area (Å²) in [6.45, 7) is -2.37. The number of hydrogen-bond acceptors (Lipinski definition) is 2. The SMILES string of the molecule is Fc1cccc2[nH]nc(N3CC(F)(F)C(F)(F)C3)c12. The van der Waals surface area contributed by atoms with Gasteiger partial charge in [0.15, 0.2) is 5.82 Å². The first kappa shape index (κ1) is 12.2. The largest absolute Gasteiger partial charge is 0.342 e. The molecule has 2 heterocycles. The van der Waals surface area contributed by atoms with Crippen LogP contribution in [-0.4, -0.2) is 35.1 Å². The minimum Gasteiger partial charge on any atom is -0.342 e. The van der Waals surface area contributed by atoms with Gasteiger partial charge >= 0.3 is 11.8 Å². The minimum atomic E-state index is -4.15. The number of fused-ring (bicyclic) bond motifs is 1. The second-order valence-electron chi connectivity index (χ2n) is 4.47. The Labute approximate surface area is 104 Å². The van der Waals surface area contributed by atoms with Crippen LogP contribution in [0.2, 0.25) is 0 Å². The number of anilines is 1. The molecule has 0 radical (unpaired) electrons. The Morgan fingerprint density at radius 2 is 1.74 bits per heavy atom. The van der Waals surface area contributed by atoms with Gasteiger partial charge in [-0.2, -0.15) is 22.7 Å². The van der Waals surface area contributed by atoms with Crippen LogP contribution in [0.3, 0.4) is 0 Å². The summed E-state index contributed by atoms with van der Waals surface area (Å²) < 4.78 is 66.2. The van der Waals surface area contributed by atoms with Gasteiger partial charge < -0.3 is 4.90 Å². The summed E-state index contributed by atoms with van der Waals surface area (Å²) in [4.78, 5) is 0.696. The first-order valence-electron chi connectivity index (χ1n) is 5.45. The molecule has 1 aromatic carbocycles. The zero-order valence-electron chi connectivity index (χ0n) is 9.43. The van der Waals surface area contributed by atoms with Crippen molar-refractivity contribution in [1.29, 1.82) is 0 Å². The van der Waals surface area contributed by atoms with Gasteiger partial charge in [-0.15, -0.1) is 0 Å². The van der Waals surface area contributed by atoms with Gasteiger partial charge in [0.05, 0.1) is 24.0 Å². The molecule has 3 nitrogen and oxygen atoms in total.